The van der Waals surface area contributed by atoms with Gasteiger partial charge in [0.25, 0.3) is 0 Å². The van der Waals surface area contributed by atoms with Crippen molar-refractivity contribution in [1.29, 1.82) is 0 Å². The Morgan fingerprint density at radius 1 is 0.264 bits per heavy atom. The van der Waals surface area contributed by atoms with Crippen LogP contribution in [0, 0.1) is 23.7 Å². The lowest BCUT2D eigenvalue weighted by Crippen LogP contribution is -2.58. The van der Waals surface area contributed by atoms with Crippen molar-refractivity contribution in [3.8, 4) is 23.0 Å². The molecule has 7 aliphatic carbocycles. The van der Waals surface area contributed by atoms with Crippen LogP contribution in [0.3, 0.4) is 0 Å². The van der Waals surface area contributed by atoms with Crippen LogP contribution in [0.1, 0.15) is 164 Å². The normalized spacial score (nSPS) is 19.1. The summed E-state index contributed by atoms with van der Waals surface area (Å²) in [5.74, 6) is 4.36. The van der Waals surface area contributed by atoms with E-state index >= 15 is 0 Å². The summed E-state index contributed by atoms with van der Waals surface area (Å²) in [6.07, 6.45) is 21.0. The van der Waals surface area contributed by atoms with E-state index < -0.39 is 5.60 Å². The number of carbonyl (C=O) groups excluding carboxylic acids is 4. The second-order valence-corrected chi connectivity index (χ2v) is 44.2. The molecule has 0 aromatic heterocycles. The Hall–Kier alpha value is -10.9. The van der Waals surface area contributed by atoms with Crippen LogP contribution in [-0.2, 0) is 81.7 Å². The highest BCUT2D eigenvalue weighted by Crippen LogP contribution is 2.60. The Balaban J connectivity index is 0.000000132. The molecular weight excluding hydrogens is 1680 g/mol. The lowest BCUT2D eigenvalue weighted by Gasteiger charge is -2.59. The molecule has 12 aromatic rings. The molecule has 0 spiro atoms. The standard InChI is InChI=1S/C31H33O3S.C29H33O3S.C27H29O3S.C26H27O3S/c1-31(24-17-22-16-23(19-24)20-25(31)18-22)34-30(32)21-33-26-12-14-29(15-13-26)35(27-8-4-2-5-9-27)28-10-6-3-7-11-28;1-28(2,27(30)32-29(3)21-11-6-12-22-29)31-23-17-19-26(20-18-23)33(24-13-7-4-8-14-24)25-15-9-5-10-16-25;1-27(19-9-4-10-20-27)30-26(28)21-29-22-15-17-25(18-16-22)31(23-11-5-2-6-12-23)24-13-7-3-8-14-24;1-26(18-8-9-19-26)29-25(27)20-28-21-14-16-24(17-15-21)30(22-10-4-2-5-11-22)23-12-6-3-7-13-23/h2-15,22-25H,16-21H2,1H3;4-5,7-10,13-20H,6,11-12,21-22H2,1-3H3;2-3,5-8,11-18H,4,9-10,19-21H2,1H3;2-7,10-17H,8-9,18-20H2,1H3/q4*+1. The Bertz CT molecular complexity index is 5300. The van der Waals surface area contributed by atoms with Gasteiger partial charge >= 0.3 is 23.9 Å². The molecule has 0 heterocycles. The van der Waals surface area contributed by atoms with Crippen molar-refractivity contribution >= 4 is 67.5 Å². The quantitative estimate of drug-likeness (QED) is 0.0262. The zero-order valence-corrected chi connectivity index (χ0v) is 78.5. The van der Waals surface area contributed by atoms with Crippen molar-refractivity contribution in [2.24, 2.45) is 23.7 Å². The molecule has 4 bridgehead atoms. The predicted octanol–water partition coefficient (Wildman–Crippen LogP) is 26.6. The summed E-state index contributed by atoms with van der Waals surface area (Å²) < 4.78 is 46.9. The summed E-state index contributed by atoms with van der Waals surface area (Å²) in [5, 5.41) is 0. The van der Waals surface area contributed by atoms with E-state index in [1.807, 2.05) is 106 Å². The minimum Gasteiger partial charge on any atom is -0.482 e. The Morgan fingerprint density at radius 2 is 0.473 bits per heavy atom. The van der Waals surface area contributed by atoms with Gasteiger partial charge < -0.3 is 37.9 Å². The Morgan fingerprint density at radius 3 is 0.721 bits per heavy atom. The number of ether oxygens (including phenoxy) is 8. The van der Waals surface area contributed by atoms with Crippen molar-refractivity contribution < 1.29 is 57.1 Å². The molecule has 0 aliphatic heterocycles. The number of hydrogen-bond donors (Lipinski definition) is 0. The molecule has 19 rings (SSSR count). The maximum absolute atomic E-state index is 12.9. The van der Waals surface area contributed by atoms with E-state index in [4.69, 9.17) is 37.9 Å². The smallest absolute Gasteiger partial charge is 0.350 e. The molecule has 0 radical (unpaired) electrons. The Labute approximate surface area is 775 Å². The fourth-order valence-electron chi connectivity index (χ4n) is 19.1. The van der Waals surface area contributed by atoms with Crippen LogP contribution in [0.2, 0.25) is 0 Å². The van der Waals surface area contributed by atoms with Crippen LogP contribution in [0.15, 0.2) is 398 Å². The van der Waals surface area contributed by atoms with Gasteiger partial charge in [0, 0.05) is 0 Å². The van der Waals surface area contributed by atoms with E-state index in [1.54, 1.807) is 13.8 Å². The van der Waals surface area contributed by atoms with Crippen LogP contribution in [0.5, 0.6) is 23.0 Å². The van der Waals surface area contributed by atoms with E-state index in [9.17, 15) is 19.2 Å². The molecule has 0 amide bonds. The van der Waals surface area contributed by atoms with Crippen molar-refractivity contribution in [2.75, 3.05) is 19.8 Å². The first kappa shape index (κ1) is 92.8. The maximum atomic E-state index is 12.9. The number of carbonyl (C=O) groups is 4. The van der Waals surface area contributed by atoms with Gasteiger partial charge in [-0.25, -0.2) is 19.2 Å². The number of hydrogen-bond acceptors (Lipinski definition) is 12. The summed E-state index contributed by atoms with van der Waals surface area (Å²) in [6, 6.07) is 117. The molecule has 7 saturated carbocycles. The van der Waals surface area contributed by atoms with Gasteiger partial charge in [-0.3, -0.25) is 0 Å². The monoisotopic (exact) mass is 1800 g/mol. The van der Waals surface area contributed by atoms with Gasteiger partial charge in [0.05, 0.1) is 43.6 Å². The summed E-state index contributed by atoms with van der Waals surface area (Å²) in [5.41, 5.74) is -2.38. The van der Waals surface area contributed by atoms with Gasteiger partial charge in [0.1, 0.15) is 45.4 Å². The SMILES string of the molecule is CC1(OC(=O)C(C)(C)Oc2ccc([S+](c3ccccc3)c3ccccc3)cc2)CCCCC1.CC1(OC(=O)COc2ccc([S+](c3ccccc3)c3ccccc3)cc2)C2CC3CC(C2)CC1C3.CC1(OC(=O)COc2ccc([S+](c3ccccc3)c3ccccc3)cc2)CCCC1.CC1(OC(=O)COc2ccc([S+](c3ccccc3)c3ccccc3)cc2)CCCCC1. The topological polar surface area (TPSA) is 142 Å². The van der Waals surface area contributed by atoms with Gasteiger partial charge in [0.15, 0.2) is 84.2 Å². The molecule has 0 atom stereocenters. The number of benzene rings is 12. The van der Waals surface area contributed by atoms with E-state index in [-0.39, 0.29) is 110 Å². The van der Waals surface area contributed by atoms with E-state index in [0.29, 0.717) is 34.8 Å². The molecule has 0 N–H and O–H groups in total. The first-order valence-electron chi connectivity index (χ1n) is 45.9. The minimum absolute atomic E-state index is 0.0374. The molecule has 12 aromatic carbocycles. The van der Waals surface area contributed by atoms with Crippen LogP contribution in [0.25, 0.3) is 0 Å². The van der Waals surface area contributed by atoms with Gasteiger partial charge in [-0.15, -0.1) is 0 Å². The number of rotatable bonds is 28. The summed E-state index contributed by atoms with van der Waals surface area (Å²) in [7, 11) is -0.793. The highest BCUT2D eigenvalue weighted by Gasteiger charge is 2.57. The fraction of sp³-hybridized carbons (Fsp3) is 0.327. The first-order valence-corrected chi connectivity index (χ1v) is 50.8. The van der Waals surface area contributed by atoms with Crippen LogP contribution in [0.4, 0.5) is 0 Å². The van der Waals surface area contributed by atoms with Crippen molar-refractivity contribution in [3.63, 3.8) is 0 Å². The zero-order valence-electron chi connectivity index (χ0n) is 75.2. The van der Waals surface area contributed by atoms with Gasteiger partial charge in [-0.1, -0.05) is 158 Å². The van der Waals surface area contributed by atoms with Gasteiger partial charge in [-0.2, -0.15) is 0 Å². The fourth-order valence-corrected chi connectivity index (χ4v) is 27.4. The van der Waals surface area contributed by atoms with E-state index in [0.717, 1.165) is 88.9 Å². The third kappa shape index (κ3) is 25.2. The third-order valence-corrected chi connectivity index (χ3v) is 34.6. The maximum Gasteiger partial charge on any atom is 0.350 e. The lowest BCUT2D eigenvalue weighted by molar-refractivity contribution is -0.204. The van der Waals surface area contributed by atoms with Crippen LogP contribution in [-0.4, -0.2) is 71.7 Å². The van der Waals surface area contributed by atoms with Gasteiger partial charge in [0.2, 0.25) is 0 Å². The minimum atomic E-state index is -1.05. The summed E-state index contributed by atoms with van der Waals surface area (Å²) in [6.45, 7) is 11.7. The average Bonchev–Trinajstić information content (AvgIpc) is 0.834. The molecule has 129 heavy (non-hydrogen) atoms. The zero-order chi connectivity index (χ0) is 89.5. The highest BCUT2D eigenvalue weighted by atomic mass is 32.2. The summed E-state index contributed by atoms with van der Waals surface area (Å²) >= 11 is 0. The first-order chi connectivity index (χ1) is 62.7. The summed E-state index contributed by atoms with van der Waals surface area (Å²) in [4.78, 5) is 65.2. The lowest BCUT2D eigenvalue weighted by atomic mass is 9.50. The Kier molecular flexibility index (Phi) is 31.8. The molecule has 0 unspecified atom stereocenters. The molecule has 666 valence electrons. The second-order valence-electron chi connectivity index (χ2n) is 36.1. The van der Waals surface area contributed by atoms with Crippen molar-refractivity contribution in [3.05, 3.63) is 340 Å². The number of esters is 4. The van der Waals surface area contributed by atoms with Crippen LogP contribution >= 0.6 is 0 Å². The van der Waals surface area contributed by atoms with Crippen LogP contribution < -0.4 is 18.9 Å². The molecule has 7 aliphatic rings. The van der Waals surface area contributed by atoms with Gasteiger partial charge in [-0.05, 0) is 368 Å². The second kappa shape index (κ2) is 44.2. The average molecular weight is 1800 g/mol. The molecule has 16 heteroatoms. The molecule has 7 fully saturated rings. The third-order valence-electron chi connectivity index (χ3n) is 25.6. The largest absolute Gasteiger partial charge is 0.482 e. The van der Waals surface area contributed by atoms with Crippen molar-refractivity contribution in [2.45, 2.75) is 250 Å². The highest BCUT2D eigenvalue weighted by molar-refractivity contribution is 7.98. The van der Waals surface area contributed by atoms with Crippen molar-refractivity contribution in [1.82, 2.24) is 0 Å². The molecule has 12 nitrogen and oxygen atoms in total. The van der Waals surface area contributed by atoms with E-state index in [1.165, 1.54) is 104 Å². The van der Waals surface area contributed by atoms with E-state index in [2.05, 4.69) is 262 Å². The predicted molar refractivity (Wildman–Crippen MR) is 517 cm³/mol. The molecule has 0 saturated heterocycles. The molecular formula is C113H122O12S4+4.